The number of rotatable bonds is 3. The Morgan fingerprint density at radius 2 is 1.97 bits per heavy atom. The maximum Gasteiger partial charge on any atom is 0.220 e. The number of anilines is 2. The molecule has 196 valence electrons. The van der Waals surface area contributed by atoms with Crippen LogP contribution in [0.15, 0.2) is 18.3 Å². The average molecular weight is 520 g/mol. The number of benzene rings is 1. The molecule has 4 heterocycles. The summed E-state index contributed by atoms with van der Waals surface area (Å²) < 4.78 is 22.1. The third-order valence-corrected chi connectivity index (χ3v) is 6.70. The summed E-state index contributed by atoms with van der Waals surface area (Å²) in [6.45, 7) is 9.27. The standard InChI is InChI=1S/C20H25ClFN7.C5H10O2/c1-12(2)29-16-10-13(17-14(21)11-24-19(23)25-17)9-15(22)18(16)26-20(29)28-6-4-5-27(3)7-8-28;6-5-2-1-3-7-4-5/h9-12H,4-8H2,1-3H3,(H2,23,24,25);5-6H,1-4H2. The van der Waals surface area contributed by atoms with E-state index in [2.05, 4.69) is 45.2 Å². The van der Waals surface area contributed by atoms with Gasteiger partial charge in [0.25, 0.3) is 0 Å². The highest BCUT2D eigenvalue weighted by molar-refractivity contribution is 6.33. The Morgan fingerprint density at radius 1 is 1.17 bits per heavy atom. The van der Waals surface area contributed by atoms with Crippen molar-refractivity contribution in [1.29, 1.82) is 0 Å². The smallest absolute Gasteiger partial charge is 0.220 e. The van der Waals surface area contributed by atoms with Crippen LogP contribution >= 0.6 is 11.6 Å². The van der Waals surface area contributed by atoms with Gasteiger partial charge in [-0.25, -0.2) is 19.3 Å². The van der Waals surface area contributed by atoms with Gasteiger partial charge in [-0.15, -0.1) is 0 Å². The quantitative estimate of drug-likeness (QED) is 0.539. The molecule has 2 aliphatic rings. The van der Waals surface area contributed by atoms with E-state index in [1.54, 1.807) is 0 Å². The molecule has 1 atom stereocenters. The van der Waals surface area contributed by atoms with Gasteiger partial charge in [-0.3, -0.25) is 0 Å². The largest absolute Gasteiger partial charge is 0.391 e. The van der Waals surface area contributed by atoms with Gasteiger partial charge in [0.15, 0.2) is 5.82 Å². The molecule has 0 saturated carbocycles. The van der Waals surface area contributed by atoms with E-state index >= 15 is 4.39 Å². The van der Waals surface area contributed by atoms with Crippen LogP contribution in [-0.2, 0) is 4.74 Å². The normalized spacial score (nSPS) is 19.3. The van der Waals surface area contributed by atoms with Crippen molar-refractivity contribution in [2.45, 2.75) is 45.3 Å². The molecule has 3 aromatic rings. The molecule has 0 spiro atoms. The van der Waals surface area contributed by atoms with Crippen molar-refractivity contribution < 1.29 is 14.2 Å². The van der Waals surface area contributed by atoms with Gasteiger partial charge in [0.2, 0.25) is 11.9 Å². The molecular formula is C25H35ClFN7O2. The lowest BCUT2D eigenvalue weighted by Crippen LogP contribution is -2.31. The molecule has 0 aliphatic carbocycles. The molecular weight excluding hydrogens is 485 g/mol. The van der Waals surface area contributed by atoms with Crippen molar-refractivity contribution in [2.75, 3.05) is 57.1 Å². The molecule has 2 aliphatic heterocycles. The Kier molecular flexibility index (Phi) is 8.61. The first-order chi connectivity index (χ1) is 17.2. The van der Waals surface area contributed by atoms with Crippen molar-refractivity contribution in [1.82, 2.24) is 24.4 Å². The number of halogens is 2. The van der Waals surface area contributed by atoms with E-state index < -0.39 is 5.82 Å². The van der Waals surface area contributed by atoms with Crippen LogP contribution in [0.4, 0.5) is 16.3 Å². The Hall–Kier alpha value is -2.53. The first kappa shape index (κ1) is 26.5. The zero-order valence-corrected chi connectivity index (χ0v) is 21.9. The molecule has 1 aromatic carbocycles. The second-order valence-electron chi connectivity index (χ2n) is 9.64. The van der Waals surface area contributed by atoms with Crippen molar-refractivity contribution >= 4 is 34.5 Å². The maximum atomic E-state index is 15.1. The number of imidazole rings is 1. The van der Waals surface area contributed by atoms with Gasteiger partial charge in [-0.05, 0) is 58.8 Å². The molecule has 11 heteroatoms. The van der Waals surface area contributed by atoms with E-state index in [0.717, 1.165) is 63.5 Å². The number of aliphatic hydroxyl groups is 1. The molecule has 1 unspecified atom stereocenters. The topological polar surface area (TPSA) is 106 Å². The van der Waals surface area contributed by atoms with E-state index in [0.29, 0.717) is 28.4 Å². The maximum absolute atomic E-state index is 15.1. The van der Waals surface area contributed by atoms with Crippen LogP contribution in [0.2, 0.25) is 5.02 Å². The number of nitrogens with two attached hydrogens (primary N) is 1. The number of aliphatic hydroxyl groups excluding tert-OH is 1. The zero-order valence-electron chi connectivity index (χ0n) is 21.1. The first-order valence-electron chi connectivity index (χ1n) is 12.4. The van der Waals surface area contributed by atoms with Crippen molar-refractivity contribution in [3.63, 3.8) is 0 Å². The van der Waals surface area contributed by atoms with Crippen LogP contribution in [0.25, 0.3) is 22.3 Å². The monoisotopic (exact) mass is 519 g/mol. The van der Waals surface area contributed by atoms with Crippen LogP contribution in [0.1, 0.15) is 39.2 Å². The number of nitrogens with zero attached hydrogens (tertiary/aromatic N) is 6. The molecule has 5 rings (SSSR count). The van der Waals surface area contributed by atoms with Gasteiger partial charge in [0.05, 0.1) is 35.1 Å². The predicted octanol–water partition coefficient (Wildman–Crippen LogP) is 3.75. The molecule has 2 fully saturated rings. The van der Waals surface area contributed by atoms with Crippen LogP contribution in [0, 0.1) is 5.82 Å². The molecule has 3 N–H and O–H groups in total. The molecule has 36 heavy (non-hydrogen) atoms. The zero-order chi connectivity index (χ0) is 25.8. The number of nitrogen functional groups attached to an aromatic ring is 1. The minimum atomic E-state index is -0.404. The summed E-state index contributed by atoms with van der Waals surface area (Å²) in [5.41, 5.74) is 7.76. The third kappa shape index (κ3) is 6.05. The fraction of sp³-hybridized carbons (Fsp3) is 0.560. The molecule has 2 saturated heterocycles. The van der Waals surface area contributed by atoms with Gasteiger partial charge in [0.1, 0.15) is 5.52 Å². The van der Waals surface area contributed by atoms with Crippen molar-refractivity contribution in [2.24, 2.45) is 0 Å². The highest BCUT2D eigenvalue weighted by Crippen LogP contribution is 2.34. The van der Waals surface area contributed by atoms with E-state index in [1.807, 2.05) is 6.07 Å². The minimum Gasteiger partial charge on any atom is -0.391 e. The Morgan fingerprint density at radius 3 is 2.64 bits per heavy atom. The van der Waals surface area contributed by atoms with E-state index in [1.165, 1.54) is 12.3 Å². The number of aromatic nitrogens is 4. The van der Waals surface area contributed by atoms with Crippen molar-refractivity contribution in [3.8, 4) is 11.3 Å². The molecule has 9 nitrogen and oxygen atoms in total. The molecule has 0 amide bonds. The van der Waals surface area contributed by atoms with Gasteiger partial charge in [0, 0.05) is 37.8 Å². The lowest BCUT2D eigenvalue weighted by molar-refractivity contribution is -0.00535. The third-order valence-electron chi connectivity index (χ3n) is 6.42. The lowest BCUT2D eigenvalue weighted by Gasteiger charge is -2.24. The van der Waals surface area contributed by atoms with E-state index in [9.17, 15) is 0 Å². The molecule has 0 bridgehead atoms. The fourth-order valence-corrected chi connectivity index (χ4v) is 4.76. The summed E-state index contributed by atoms with van der Waals surface area (Å²) in [5, 5.41) is 9.11. The van der Waals surface area contributed by atoms with Gasteiger partial charge in [-0.1, -0.05) is 11.6 Å². The Balaban J connectivity index is 0.000000375. The molecule has 2 aromatic heterocycles. The number of fused-ring (bicyclic) bond motifs is 1. The fourth-order valence-electron chi connectivity index (χ4n) is 4.56. The average Bonchev–Trinajstić information content (AvgIpc) is 3.11. The number of ether oxygens (including phenoxy) is 1. The number of hydrogen-bond donors (Lipinski definition) is 2. The summed E-state index contributed by atoms with van der Waals surface area (Å²) in [4.78, 5) is 17.4. The highest BCUT2D eigenvalue weighted by Gasteiger charge is 2.24. The van der Waals surface area contributed by atoms with Crippen LogP contribution in [0.5, 0.6) is 0 Å². The van der Waals surface area contributed by atoms with E-state index in [4.69, 9.17) is 32.2 Å². The second-order valence-corrected chi connectivity index (χ2v) is 10.0. The summed E-state index contributed by atoms with van der Waals surface area (Å²) in [6.07, 6.45) is 4.22. The van der Waals surface area contributed by atoms with Crippen LogP contribution < -0.4 is 10.6 Å². The summed E-state index contributed by atoms with van der Waals surface area (Å²) >= 11 is 6.26. The SMILES string of the molecule is CC(C)n1c(N2CCCN(C)CC2)nc2c(F)cc(-c3nc(N)ncc3Cl)cc21.OC1CCCOC1. The number of likely N-dealkylation sites (N-methyl/N-ethyl adjacent to an activating group) is 1. The second kappa shape index (κ2) is 11.7. The summed E-state index contributed by atoms with van der Waals surface area (Å²) in [5.74, 6) is 0.490. The van der Waals surface area contributed by atoms with Crippen LogP contribution in [-0.4, -0.2) is 82.1 Å². The molecule has 0 radical (unpaired) electrons. The summed E-state index contributed by atoms with van der Waals surface area (Å²) in [7, 11) is 2.12. The van der Waals surface area contributed by atoms with Crippen LogP contribution in [0.3, 0.4) is 0 Å². The van der Waals surface area contributed by atoms with Gasteiger partial charge >= 0.3 is 0 Å². The van der Waals surface area contributed by atoms with Gasteiger partial charge < -0.3 is 29.9 Å². The Labute approximate surface area is 216 Å². The minimum absolute atomic E-state index is 0.0941. The predicted molar refractivity (Wildman–Crippen MR) is 141 cm³/mol. The lowest BCUT2D eigenvalue weighted by atomic mass is 10.1. The Bertz CT molecular complexity index is 1180. The number of hydrogen-bond acceptors (Lipinski definition) is 8. The highest BCUT2D eigenvalue weighted by atomic mass is 35.5. The van der Waals surface area contributed by atoms with E-state index in [-0.39, 0.29) is 18.1 Å². The first-order valence-corrected chi connectivity index (χ1v) is 12.8. The summed E-state index contributed by atoms with van der Waals surface area (Å²) in [6, 6.07) is 3.40. The van der Waals surface area contributed by atoms with Crippen molar-refractivity contribution in [3.05, 3.63) is 29.2 Å². The van der Waals surface area contributed by atoms with Gasteiger partial charge in [-0.2, -0.15) is 0 Å².